The number of hydrogen-bond acceptors (Lipinski definition) is 6. The highest BCUT2D eigenvalue weighted by Gasteiger charge is 2.36. The molecule has 4 aromatic carbocycles. The van der Waals surface area contributed by atoms with E-state index in [0.717, 1.165) is 74.8 Å². The van der Waals surface area contributed by atoms with Crippen LogP contribution in [0.4, 0.5) is 11.4 Å². The maximum absolute atomic E-state index is 12.2. The number of benzene rings is 4. The van der Waals surface area contributed by atoms with E-state index in [-0.39, 0.29) is 32.6 Å². The molecular weight excluding hydrogens is 753 g/mol. The molecular formula is C40H44BCl4N4O4. The number of fused-ring (bicyclic) bond motifs is 2. The quantitative estimate of drug-likeness (QED) is 0.130. The SMILES string of the molecule is C1NC[C@H]2COC[C@@H]12.Cl.O=C(Nc1ccc(CCl)cc1)c1ccc(Cl)cc1.O=C(Nc1ccc(CN2C[C@H]3COC[C@H]3C2)cc1)c1ccc(Cl)cc1.[B]. The molecule has 3 radical (unpaired) electrons. The Bertz CT molecular complexity index is 1700. The number of hydrogen-bond donors (Lipinski definition) is 3. The van der Waals surface area contributed by atoms with E-state index in [2.05, 4.69) is 33.0 Å². The minimum atomic E-state index is -0.162. The lowest BCUT2D eigenvalue weighted by atomic mass is 10.0. The fraction of sp³-hybridized carbons (Fsp3) is 0.350. The Morgan fingerprint density at radius 3 is 1.43 bits per heavy atom. The van der Waals surface area contributed by atoms with Crippen molar-refractivity contribution >= 4 is 78.8 Å². The van der Waals surface area contributed by atoms with Crippen LogP contribution >= 0.6 is 47.2 Å². The molecule has 0 spiro atoms. The highest BCUT2D eigenvalue weighted by atomic mass is 35.5. The molecule has 4 atom stereocenters. The summed E-state index contributed by atoms with van der Waals surface area (Å²) in [4.78, 5) is 26.6. The van der Waals surface area contributed by atoms with Crippen molar-refractivity contribution in [1.29, 1.82) is 0 Å². The smallest absolute Gasteiger partial charge is 0.255 e. The van der Waals surface area contributed by atoms with Crippen LogP contribution in [-0.4, -0.2) is 77.7 Å². The first kappa shape index (κ1) is 42.6. The number of alkyl halides is 1. The second-order valence-corrected chi connectivity index (χ2v) is 14.6. The van der Waals surface area contributed by atoms with Crippen molar-refractivity contribution in [3.63, 3.8) is 0 Å². The van der Waals surface area contributed by atoms with Gasteiger partial charge in [0.15, 0.2) is 0 Å². The third-order valence-electron chi connectivity index (χ3n) is 9.66. The summed E-state index contributed by atoms with van der Waals surface area (Å²) in [5, 5.41) is 10.3. The molecule has 4 aromatic rings. The summed E-state index contributed by atoms with van der Waals surface area (Å²) in [5.41, 5.74) is 4.99. The zero-order valence-corrected chi connectivity index (χ0v) is 32.4. The molecule has 0 aliphatic carbocycles. The Labute approximate surface area is 335 Å². The number of carbonyl (C=O) groups is 2. The van der Waals surface area contributed by atoms with E-state index in [1.165, 1.54) is 18.7 Å². The van der Waals surface area contributed by atoms with E-state index >= 15 is 0 Å². The molecule has 279 valence electrons. The third kappa shape index (κ3) is 12.5. The molecule has 3 N–H and O–H groups in total. The average Bonchev–Trinajstić information content (AvgIpc) is 3.95. The number of halogens is 4. The molecule has 8 nitrogen and oxygen atoms in total. The van der Waals surface area contributed by atoms with Crippen LogP contribution in [0.15, 0.2) is 97.1 Å². The largest absolute Gasteiger partial charge is 0.381 e. The highest BCUT2D eigenvalue weighted by Crippen LogP contribution is 2.30. The van der Waals surface area contributed by atoms with E-state index in [0.29, 0.717) is 38.9 Å². The number of ether oxygens (including phenoxy) is 2. The van der Waals surface area contributed by atoms with Gasteiger partial charge >= 0.3 is 0 Å². The van der Waals surface area contributed by atoms with Crippen molar-refractivity contribution in [1.82, 2.24) is 10.2 Å². The van der Waals surface area contributed by atoms with E-state index in [9.17, 15) is 9.59 Å². The molecule has 4 fully saturated rings. The topological polar surface area (TPSA) is 91.9 Å². The first-order chi connectivity index (χ1) is 24.8. The molecule has 8 rings (SSSR count). The standard InChI is InChI=1S/C20H21ClN2O2.C14H11Cl2NO.C6H11NO.B.ClH/c21-18-5-3-15(4-6-18)20(24)22-19-7-1-14(2-8-19)9-23-10-16-12-25-13-17(16)11-23;15-9-10-1-7-13(8-2-10)17-14(18)11-3-5-12(16)6-4-11;1-5-3-8-4-6(5)2-7-1;;/h1-8,16-17H,9-13H2,(H,22,24);1-8H,9H2,(H,17,18);5-7H,1-4H2;;1H/t16-,17+;;5-,6+;;. The number of amides is 2. The summed E-state index contributed by atoms with van der Waals surface area (Å²) in [6, 6.07) is 29.1. The predicted molar refractivity (Wildman–Crippen MR) is 218 cm³/mol. The molecule has 4 saturated heterocycles. The number of nitrogens with zero attached hydrogens (tertiary/aromatic N) is 1. The van der Waals surface area contributed by atoms with Gasteiger partial charge in [-0.1, -0.05) is 47.5 Å². The second kappa shape index (κ2) is 21.1. The summed E-state index contributed by atoms with van der Waals surface area (Å²) in [6.07, 6.45) is 0. The van der Waals surface area contributed by atoms with Crippen LogP contribution in [0.1, 0.15) is 31.8 Å². The first-order valence-corrected chi connectivity index (χ1v) is 18.6. The van der Waals surface area contributed by atoms with Gasteiger partial charge in [-0.25, -0.2) is 0 Å². The normalized spacial score (nSPS) is 21.0. The Kier molecular flexibility index (Phi) is 17.0. The zero-order chi connectivity index (χ0) is 35.6. The number of anilines is 2. The minimum absolute atomic E-state index is 0. The Morgan fingerprint density at radius 1 is 0.623 bits per heavy atom. The summed E-state index contributed by atoms with van der Waals surface area (Å²) in [6.45, 7) is 9.40. The van der Waals surface area contributed by atoms with E-state index in [1.54, 1.807) is 48.5 Å². The van der Waals surface area contributed by atoms with Gasteiger partial charge in [-0.05, 0) is 83.9 Å². The number of carbonyl (C=O) groups excluding carboxylic acids is 2. The van der Waals surface area contributed by atoms with Crippen LogP contribution in [0.25, 0.3) is 0 Å². The zero-order valence-electron chi connectivity index (χ0n) is 29.3. The van der Waals surface area contributed by atoms with Crippen LogP contribution in [0.5, 0.6) is 0 Å². The van der Waals surface area contributed by atoms with Gasteiger partial charge in [0, 0.05) is 103 Å². The molecule has 0 aromatic heterocycles. The van der Waals surface area contributed by atoms with E-state index < -0.39 is 0 Å². The van der Waals surface area contributed by atoms with E-state index in [1.807, 2.05) is 36.4 Å². The molecule has 53 heavy (non-hydrogen) atoms. The molecule has 0 bridgehead atoms. The van der Waals surface area contributed by atoms with Gasteiger partial charge in [-0.3, -0.25) is 14.5 Å². The van der Waals surface area contributed by atoms with Gasteiger partial charge in [0.05, 0.1) is 26.4 Å². The molecule has 4 heterocycles. The Balaban J connectivity index is 0.000000195. The monoisotopic (exact) mass is 795 g/mol. The van der Waals surface area contributed by atoms with Crippen LogP contribution in [0.2, 0.25) is 10.0 Å². The minimum Gasteiger partial charge on any atom is -0.381 e. The lowest BCUT2D eigenvalue weighted by Crippen LogP contribution is -2.22. The maximum atomic E-state index is 12.2. The first-order valence-electron chi connectivity index (χ1n) is 17.3. The van der Waals surface area contributed by atoms with Crippen LogP contribution < -0.4 is 16.0 Å². The molecule has 2 amide bonds. The Hall–Kier alpha value is -3.12. The third-order valence-corrected chi connectivity index (χ3v) is 10.5. The van der Waals surface area contributed by atoms with Crippen molar-refractivity contribution in [2.45, 2.75) is 12.4 Å². The van der Waals surface area contributed by atoms with Gasteiger partial charge in [0.2, 0.25) is 0 Å². The van der Waals surface area contributed by atoms with E-state index in [4.69, 9.17) is 44.3 Å². The van der Waals surface area contributed by atoms with Crippen molar-refractivity contribution in [2.24, 2.45) is 23.7 Å². The van der Waals surface area contributed by atoms with Crippen molar-refractivity contribution in [2.75, 3.05) is 63.2 Å². The van der Waals surface area contributed by atoms with Crippen LogP contribution in [-0.2, 0) is 21.9 Å². The van der Waals surface area contributed by atoms with Crippen LogP contribution in [0, 0.1) is 23.7 Å². The van der Waals surface area contributed by atoms with Gasteiger partial charge in [0.1, 0.15) is 0 Å². The lowest BCUT2D eigenvalue weighted by Gasteiger charge is -2.17. The molecule has 13 heteroatoms. The molecule has 0 saturated carbocycles. The van der Waals surface area contributed by atoms with Crippen molar-refractivity contribution in [3.05, 3.63) is 129 Å². The van der Waals surface area contributed by atoms with Gasteiger partial charge in [-0.15, -0.1) is 24.0 Å². The fourth-order valence-electron chi connectivity index (χ4n) is 6.70. The fourth-order valence-corrected chi connectivity index (χ4v) is 7.13. The highest BCUT2D eigenvalue weighted by molar-refractivity contribution is 6.31. The van der Waals surface area contributed by atoms with Gasteiger partial charge in [-0.2, -0.15) is 0 Å². The summed E-state index contributed by atoms with van der Waals surface area (Å²) >= 11 is 17.3. The molecule has 0 unspecified atom stereocenters. The molecule has 4 aliphatic heterocycles. The summed E-state index contributed by atoms with van der Waals surface area (Å²) < 4.78 is 10.8. The van der Waals surface area contributed by atoms with Gasteiger partial charge < -0.3 is 25.4 Å². The van der Waals surface area contributed by atoms with Crippen LogP contribution in [0.3, 0.4) is 0 Å². The maximum Gasteiger partial charge on any atom is 0.255 e. The predicted octanol–water partition coefficient (Wildman–Crippen LogP) is 7.89. The summed E-state index contributed by atoms with van der Waals surface area (Å²) in [5.74, 6) is 3.27. The Morgan fingerprint density at radius 2 is 1.02 bits per heavy atom. The lowest BCUT2D eigenvalue weighted by molar-refractivity contribution is 0.101. The summed E-state index contributed by atoms with van der Waals surface area (Å²) in [7, 11) is 0. The van der Waals surface area contributed by atoms with Gasteiger partial charge in [0.25, 0.3) is 11.8 Å². The number of nitrogens with one attached hydrogen (secondary N) is 3. The number of likely N-dealkylation sites (tertiary alicyclic amines) is 1. The van der Waals surface area contributed by atoms with Crippen molar-refractivity contribution in [3.8, 4) is 0 Å². The number of rotatable bonds is 7. The van der Waals surface area contributed by atoms with Crippen molar-refractivity contribution < 1.29 is 19.1 Å². The second-order valence-electron chi connectivity index (χ2n) is 13.4. The average molecular weight is 797 g/mol. The molecule has 4 aliphatic rings.